The minimum atomic E-state index is -0.876. The van der Waals surface area contributed by atoms with E-state index in [9.17, 15) is 44.7 Å². The maximum atomic E-state index is 13.1. The summed E-state index contributed by atoms with van der Waals surface area (Å²) in [7, 11) is 0. The Kier molecular flexibility index (Phi) is 9.62. The molecule has 0 fully saturated rings. The zero-order chi connectivity index (χ0) is 34.4. The Bertz CT molecular complexity index is 1630. The molecule has 1 heterocycles. The molecule has 0 saturated carbocycles. The molecule has 0 spiro atoms. The largest absolute Gasteiger partial charge is 0.507 e. The number of fused-ring (bicyclic) bond motifs is 2. The van der Waals surface area contributed by atoms with Crippen LogP contribution in [0.5, 0.6) is 34.5 Å². The molecule has 0 aromatic heterocycles. The van der Waals surface area contributed by atoms with Crippen molar-refractivity contribution in [2.45, 2.75) is 86.7 Å². The highest BCUT2D eigenvalue weighted by Crippen LogP contribution is 2.56. The summed E-state index contributed by atoms with van der Waals surface area (Å²) in [4.78, 5) is 50.5. The standard InChI is InChI=1S/C36H44O10/c1-16(2)8-25(39)28-31(42)21(30(41)23(14-37)33(28)44)12-20-10-19(18(5)6)11-27-36(20,7)13-22-32(43)29(26(40)9-17(3)4)34(45)24(15-38)35(22)46-27/h11,14-18,20,27,41-45H,8-10,12-13H2,1-7H3/t20-,27-,36+/m1/s1. The van der Waals surface area contributed by atoms with Gasteiger partial charge in [0.2, 0.25) is 0 Å². The van der Waals surface area contributed by atoms with Crippen LogP contribution in [0.2, 0.25) is 0 Å². The molecule has 2 aromatic rings. The van der Waals surface area contributed by atoms with Crippen molar-refractivity contribution in [3.63, 3.8) is 0 Å². The van der Waals surface area contributed by atoms with Crippen molar-refractivity contribution >= 4 is 24.1 Å². The maximum Gasteiger partial charge on any atom is 0.170 e. The van der Waals surface area contributed by atoms with Gasteiger partial charge in [0.05, 0.1) is 11.1 Å². The van der Waals surface area contributed by atoms with Gasteiger partial charge in [-0.15, -0.1) is 0 Å². The van der Waals surface area contributed by atoms with Gasteiger partial charge >= 0.3 is 0 Å². The molecule has 1 aliphatic carbocycles. The number of carbonyl (C=O) groups is 4. The summed E-state index contributed by atoms with van der Waals surface area (Å²) >= 11 is 0. The summed E-state index contributed by atoms with van der Waals surface area (Å²) < 4.78 is 6.40. The molecule has 5 N–H and O–H groups in total. The van der Waals surface area contributed by atoms with Crippen LogP contribution < -0.4 is 4.74 Å². The van der Waals surface area contributed by atoms with E-state index in [0.717, 1.165) is 5.57 Å². The monoisotopic (exact) mass is 636 g/mol. The van der Waals surface area contributed by atoms with Crippen LogP contribution in [0, 0.1) is 29.1 Å². The number of benzene rings is 2. The lowest BCUT2D eigenvalue weighted by Crippen LogP contribution is -2.50. The number of hydrogen-bond acceptors (Lipinski definition) is 10. The number of allylic oxidation sites excluding steroid dienone is 1. The highest BCUT2D eigenvalue weighted by Gasteiger charge is 2.51. The maximum absolute atomic E-state index is 13.1. The number of aldehydes is 2. The zero-order valence-corrected chi connectivity index (χ0v) is 27.4. The van der Waals surface area contributed by atoms with E-state index < -0.39 is 68.9 Å². The highest BCUT2D eigenvalue weighted by molar-refractivity contribution is 6.06. The lowest BCUT2D eigenvalue weighted by atomic mass is 9.59. The molecule has 10 heteroatoms. The van der Waals surface area contributed by atoms with E-state index in [1.165, 1.54) is 0 Å². The molecule has 0 bridgehead atoms. The van der Waals surface area contributed by atoms with Gasteiger partial charge in [-0.25, -0.2) is 0 Å². The molecule has 3 atom stereocenters. The molecule has 1 aliphatic heterocycles. The van der Waals surface area contributed by atoms with Gasteiger partial charge in [0.1, 0.15) is 51.7 Å². The van der Waals surface area contributed by atoms with Crippen LogP contribution in [0.3, 0.4) is 0 Å². The van der Waals surface area contributed by atoms with E-state index in [1.807, 2.05) is 40.7 Å². The van der Waals surface area contributed by atoms with Gasteiger partial charge in [-0.05, 0) is 49.0 Å². The molecule has 2 aromatic carbocycles. The van der Waals surface area contributed by atoms with Gasteiger partial charge < -0.3 is 30.3 Å². The smallest absolute Gasteiger partial charge is 0.170 e. The van der Waals surface area contributed by atoms with Crippen LogP contribution in [-0.4, -0.2) is 55.8 Å². The fourth-order valence-corrected chi connectivity index (χ4v) is 6.85. The Morgan fingerprint density at radius 1 is 0.826 bits per heavy atom. The van der Waals surface area contributed by atoms with Gasteiger partial charge in [-0.2, -0.15) is 0 Å². The summed E-state index contributed by atoms with van der Waals surface area (Å²) in [6.07, 6.45) is 2.40. The SMILES string of the molecule is CC(C)CC(=O)c1c(O)c(C=O)c(O)c(C[C@H]2CC(C(C)C)=C[C@H]3Oc4c(C=O)c(O)c(C(=O)CC(C)C)c(O)c4C[C@@]23C)c1O. The van der Waals surface area contributed by atoms with Gasteiger partial charge in [-0.1, -0.05) is 54.0 Å². The molecule has 0 radical (unpaired) electrons. The van der Waals surface area contributed by atoms with E-state index in [0.29, 0.717) is 12.7 Å². The average molecular weight is 637 g/mol. The van der Waals surface area contributed by atoms with Gasteiger partial charge in [-0.3, -0.25) is 19.2 Å². The lowest BCUT2D eigenvalue weighted by Gasteiger charge is -2.50. The number of aromatic hydroxyl groups is 5. The Morgan fingerprint density at radius 3 is 1.85 bits per heavy atom. The first-order valence-electron chi connectivity index (χ1n) is 15.7. The quantitative estimate of drug-likeness (QED) is 0.105. The first-order chi connectivity index (χ1) is 21.5. The molecule has 248 valence electrons. The summed E-state index contributed by atoms with van der Waals surface area (Å²) in [5.74, 6) is -4.84. The number of phenols is 5. The van der Waals surface area contributed by atoms with Crippen molar-refractivity contribution < 1.29 is 49.4 Å². The Hall–Kier alpha value is -4.34. The molecule has 0 unspecified atom stereocenters. The number of Topliss-reactive ketones (excluding diaryl/α,β-unsaturated/α-hetero) is 2. The molecule has 10 nitrogen and oxygen atoms in total. The number of rotatable bonds is 11. The van der Waals surface area contributed by atoms with Gasteiger partial charge in [0.25, 0.3) is 0 Å². The van der Waals surface area contributed by atoms with Crippen molar-refractivity contribution in [2.75, 3.05) is 0 Å². The minimum absolute atomic E-state index is 0.0131. The van der Waals surface area contributed by atoms with Crippen LogP contribution in [-0.2, 0) is 12.8 Å². The number of ketones is 2. The zero-order valence-electron chi connectivity index (χ0n) is 27.4. The second kappa shape index (κ2) is 12.8. The molecule has 0 saturated heterocycles. The first kappa shape index (κ1) is 34.5. The first-order valence-corrected chi connectivity index (χ1v) is 15.7. The van der Waals surface area contributed by atoms with E-state index >= 15 is 0 Å². The van der Waals surface area contributed by atoms with Gasteiger partial charge in [0, 0.05) is 29.4 Å². The Morgan fingerprint density at radius 2 is 1.35 bits per heavy atom. The summed E-state index contributed by atoms with van der Waals surface area (Å²) in [6.45, 7) is 13.1. The average Bonchev–Trinajstić information content (AvgIpc) is 2.94. The van der Waals surface area contributed by atoms with Crippen molar-refractivity contribution in [1.82, 2.24) is 0 Å². The Labute approximate surface area is 268 Å². The predicted octanol–water partition coefficient (Wildman–Crippen LogP) is 6.45. The Balaban J connectivity index is 1.92. The van der Waals surface area contributed by atoms with E-state index in [-0.39, 0.29) is 77.7 Å². The number of phenolic OH excluding ortho intramolecular Hbond substituents is 5. The summed E-state index contributed by atoms with van der Waals surface area (Å²) in [5.41, 5.74) is -1.31. The molecule has 0 amide bonds. The van der Waals surface area contributed by atoms with E-state index in [4.69, 9.17) is 4.74 Å². The van der Waals surface area contributed by atoms with E-state index in [2.05, 4.69) is 0 Å². The predicted molar refractivity (Wildman–Crippen MR) is 171 cm³/mol. The fourth-order valence-electron chi connectivity index (χ4n) is 6.85. The number of hydrogen-bond donors (Lipinski definition) is 5. The topological polar surface area (TPSA) is 179 Å². The normalized spacial score (nSPS) is 20.6. The van der Waals surface area contributed by atoms with Crippen molar-refractivity contribution in [3.05, 3.63) is 45.0 Å². The second-order valence-electron chi connectivity index (χ2n) is 14.1. The van der Waals surface area contributed by atoms with Crippen LogP contribution in [0.25, 0.3) is 0 Å². The van der Waals surface area contributed by atoms with E-state index in [1.54, 1.807) is 13.8 Å². The van der Waals surface area contributed by atoms with Gasteiger partial charge in [0.15, 0.2) is 24.1 Å². The summed E-state index contributed by atoms with van der Waals surface area (Å²) in [6, 6.07) is 0. The molecule has 46 heavy (non-hydrogen) atoms. The molecular formula is C36H44O10. The van der Waals surface area contributed by atoms with Crippen LogP contribution in [0.4, 0.5) is 0 Å². The number of carbonyl (C=O) groups excluding carboxylic acids is 4. The van der Waals surface area contributed by atoms with Crippen molar-refractivity contribution in [2.24, 2.45) is 29.1 Å². The minimum Gasteiger partial charge on any atom is -0.507 e. The van der Waals surface area contributed by atoms with Crippen LogP contribution in [0.1, 0.15) is 120 Å². The number of ether oxygens (including phenoxy) is 1. The second-order valence-corrected chi connectivity index (χ2v) is 14.1. The molecular weight excluding hydrogens is 592 g/mol. The highest BCUT2D eigenvalue weighted by atomic mass is 16.5. The molecule has 2 aliphatic rings. The van der Waals surface area contributed by atoms with Crippen LogP contribution in [0.15, 0.2) is 11.6 Å². The third-order valence-corrected chi connectivity index (χ3v) is 9.49. The summed E-state index contributed by atoms with van der Waals surface area (Å²) in [5, 5.41) is 55.6. The fraction of sp³-hybridized carbons (Fsp3) is 0.500. The van der Waals surface area contributed by atoms with Crippen molar-refractivity contribution in [1.29, 1.82) is 0 Å². The molecule has 4 rings (SSSR count). The van der Waals surface area contributed by atoms with Crippen LogP contribution >= 0.6 is 0 Å². The third kappa shape index (κ3) is 5.85. The third-order valence-electron chi connectivity index (χ3n) is 9.49. The lowest BCUT2D eigenvalue weighted by molar-refractivity contribution is 0.00996. The van der Waals surface area contributed by atoms with Crippen molar-refractivity contribution in [3.8, 4) is 34.5 Å².